The van der Waals surface area contributed by atoms with Crippen LogP contribution in [0.1, 0.15) is 6.92 Å². The van der Waals surface area contributed by atoms with Crippen LogP contribution in [0.3, 0.4) is 0 Å². The van der Waals surface area contributed by atoms with Gasteiger partial charge in [0.05, 0.1) is 10.9 Å². The molecule has 2 aromatic rings. The standard InChI is InChI=1S/C11H12BrN3O2/c1-6(13)5-15-10(16)9-7(12)3-2-4-8(9)14-11(15)17/h2-4,6H,5,13H2,1H3,(H,14,17). The molecule has 5 nitrogen and oxygen atoms in total. The maximum absolute atomic E-state index is 12.2. The average molecular weight is 298 g/mol. The number of nitrogens with one attached hydrogen (secondary N) is 1. The minimum atomic E-state index is -0.432. The second kappa shape index (κ2) is 4.46. The van der Waals surface area contributed by atoms with E-state index in [1.165, 1.54) is 0 Å². The predicted molar refractivity (Wildman–Crippen MR) is 70.2 cm³/mol. The summed E-state index contributed by atoms with van der Waals surface area (Å²) in [4.78, 5) is 26.6. The summed E-state index contributed by atoms with van der Waals surface area (Å²) in [6.45, 7) is 1.95. The van der Waals surface area contributed by atoms with Crippen LogP contribution in [0.4, 0.5) is 0 Å². The van der Waals surface area contributed by atoms with Gasteiger partial charge in [0.2, 0.25) is 0 Å². The molecule has 1 unspecified atom stereocenters. The first-order valence-corrected chi connectivity index (χ1v) is 5.97. The first kappa shape index (κ1) is 12.1. The lowest BCUT2D eigenvalue weighted by Gasteiger charge is -2.09. The molecule has 0 spiro atoms. The number of aromatic nitrogens is 2. The molecule has 0 fully saturated rings. The van der Waals surface area contributed by atoms with Crippen molar-refractivity contribution in [3.63, 3.8) is 0 Å². The van der Waals surface area contributed by atoms with Crippen molar-refractivity contribution < 1.29 is 0 Å². The van der Waals surface area contributed by atoms with E-state index >= 15 is 0 Å². The highest BCUT2D eigenvalue weighted by Crippen LogP contribution is 2.17. The average Bonchev–Trinajstić information content (AvgIpc) is 2.23. The van der Waals surface area contributed by atoms with E-state index in [1.807, 2.05) is 0 Å². The number of hydrogen-bond acceptors (Lipinski definition) is 3. The molecule has 1 aromatic heterocycles. The van der Waals surface area contributed by atoms with Gasteiger partial charge in [-0.05, 0) is 35.0 Å². The number of rotatable bonds is 2. The molecular formula is C11H12BrN3O2. The van der Waals surface area contributed by atoms with E-state index in [0.29, 0.717) is 15.4 Å². The molecule has 17 heavy (non-hydrogen) atoms. The third-order valence-corrected chi connectivity index (χ3v) is 3.09. The van der Waals surface area contributed by atoms with Gasteiger partial charge in [0.25, 0.3) is 5.56 Å². The summed E-state index contributed by atoms with van der Waals surface area (Å²) in [6, 6.07) is 4.96. The Labute approximate surface area is 105 Å². The van der Waals surface area contributed by atoms with E-state index in [4.69, 9.17) is 5.73 Å². The fourth-order valence-electron chi connectivity index (χ4n) is 1.71. The Balaban J connectivity index is 2.84. The molecule has 3 N–H and O–H groups in total. The Bertz CT molecular complexity index is 672. The number of H-pyrrole nitrogens is 1. The van der Waals surface area contributed by atoms with Gasteiger partial charge in [-0.15, -0.1) is 0 Å². The Morgan fingerprint density at radius 3 is 2.82 bits per heavy atom. The van der Waals surface area contributed by atoms with Crippen molar-refractivity contribution in [1.29, 1.82) is 0 Å². The number of hydrogen-bond donors (Lipinski definition) is 2. The molecule has 0 radical (unpaired) electrons. The molecule has 0 saturated carbocycles. The molecule has 0 saturated heterocycles. The number of benzene rings is 1. The van der Waals surface area contributed by atoms with Crippen LogP contribution < -0.4 is 17.0 Å². The van der Waals surface area contributed by atoms with Gasteiger partial charge in [-0.2, -0.15) is 0 Å². The number of fused-ring (bicyclic) bond motifs is 1. The second-order valence-corrected chi connectivity index (χ2v) is 4.84. The van der Waals surface area contributed by atoms with Gasteiger partial charge < -0.3 is 10.7 Å². The van der Waals surface area contributed by atoms with E-state index in [-0.39, 0.29) is 18.1 Å². The molecule has 1 atom stereocenters. The minimum Gasteiger partial charge on any atom is -0.326 e. The van der Waals surface area contributed by atoms with Crippen LogP contribution in [-0.4, -0.2) is 15.6 Å². The van der Waals surface area contributed by atoms with Gasteiger partial charge in [-0.25, -0.2) is 4.79 Å². The molecule has 0 amide bonds. The molecule has 6 heteroatoms. The highest BCUT2D eigenvalue weighted by atomic mass is 79.9. The van der Waals surface area contributed by atoms with Crippen LogP contribution in [0.25, 0.3) is 10.9 Å². The van der Waals surface area contributed by atoms with Crippen molar-refractivity contribution in [3.8, 4) is 0 Å². The smallest absolute Gasteiger partial charge is 0.326 e. The third kappa shape index (κ3) is 2.18. The zero-order valence-electron chi connectivity index (χ0n) is 9.24. The van der Waals surface area contributed by atoms with Crippen molar-refractivity contribution in [1.82, 2.24) is 9.55 Å². The normalized spacial score (nSPS) is 12.9. The maximum Gasteiger partial charge on any atom is 0.328 e. The lowest BCUT2D eigenvalue weighted by atomic mass is 10.2. The van der Waals surface area contributed by atoms with Crippen molar-refractivity contribution in [2.24, 2.45) is 5.73 Å². The molecule has 90 valence electrons. The van der Waals surface area contributed by atoms with Crippen LogP contribution in [-0.2, 0) is 6.54 Å². The van der Waals surface area contributed by atoms with E-state index in [1.54, 1.807) is 25.1 Å². The minimum absolute atomic E-state index is 0.200. The van der Waals surface area contributed by atoms with E-state index in [9.17, 15) is 9.59 Å². The zero-order valence-corrected chi connectivity index (χ0v) is 10.8. The highest BCUT2D eigenvalue weighted by molar-refractivity contribution is 9.10. The predicted octanol–water partition coefficient (Wildman–Crippen LogP) is 0.799. The Kier molecular flexibility index (Phi) is 3.17. The van der Waals surface area contributed by atoms with Crippen molar-refractivity contribution in [2.75, 3.05) is 0 Å². The van der Waals surface area contributed by atoms with Gasteiger partial charge in [0, 0.05) is 17.1 Å². The number of aromatic amines is 1. The largest absolute Gasteiger partial charge is 0.328 e. The molecule has 1 heterocycles. The maximum atomic E-state index is 12.2. The van der Waals surface area contributed by atoms with Gasteiger partial charge in [-0.3, -0.25) is 9.36 Å². The summed E-state index contributed by atoms with van der Waals surface area (Å²) < 4.78 is 1.78. The van der Waals surface area contributed by atoms with Gasteiger partial charge in [-0.1, -0.05) is 6.07 Å². The topological polar surface area (TPSA) is 80.9 Å². The lowest BCUT2D eigenvalue weighted by molar-refractivity contribution is 0.554. The van der Waals surface area contributed by atoms with Gasteiger partial charge in [0.15, 0.2) is 0 Å². The van der Waals surface area contributed by atoms with E-state index in [0.717, 1.165) is 4.57 Å². The van der Waals surface area contributed by atoms with Crippen LogP contribution in [0.2, 0.25) is 0 Å². The molecule has 1 aromatic carbocycles. The van der Waals surface area contributed by atoms with Crippen LogP contribution in [0.5, 0.6) is 0 Å². The van der Waals surface area contributed by atoms with Crippen molar-refractivity contribution in [3.05, 3.63) is 43.5 Å². The summed E-state index contributed by atoms with van der Waals surface area (Å²) in [5.41, 5.74) is 5.39. The van der Waals surface area contributed by atoms with Crippen LogP contribution >= 0.6 is 15.9 Å². The monoisotopic (exact) mass is 297 g/mol. The SMILES string of the molecule is CC(N)Cn1c(=O)[nH]c2cccc(Br)c2c1=O. The molecule has 0 aliphatic rings. The molecule has 0 bridgehead atoms. The fraction of sp³-hybridized carbons (Fsp3) is 0.273. The van der Waals surface area contributed by atoms with Gasteiger partial charge in [0.1, 0.15) is 0 Å². The van der Waals surface area contributed by atoms with Crippen molar-refractivity contribution >= 4 is 26.8 Å². The first-order chi connectivity index (χ1) is 8.00. The Morgan fingerprint density at radius 2 is 2.18 bits per heavy atom. The van der Waals surface area contributed by atoms with Crippen LogP contribution in [0.15, 0.2) is 32.3 Å². The molecule has 2 rings (SSSR count). The van der Waals surface area contributed by atoms with Gasteiger partial charge >= 0.3 is 5.69 Å². The molecule has 0 aliphatic heterocycles. The summed E-state index contributed by atoms with van der Waals surface area (Å²) in [6.07, 6.45) is 0. The van der Waals surface area contributed by atoms with E-state index in [2.05, 4.69) is 20.9 Å². The summed E-state index contributed by atoms with van der Waals surface area (Å²) in [5, 5.41) is 0.466. The first-order valence-electron chi connectivity index (χ1n) is 5.17. The summed E-state index contributed by atoms with van der Waals surface area (Å²) in [5.74, 6) is 0. The lowest BCUT2D eigenvalue weighted by Crippen LogP contribution is -2.40. The summed E-state index contributed by atoms with van der Waals surface area (Å²) in [7, 11) is 0. The van der Waals surface area contributed by atoms with Crippen molar-refractivity contribution in [2.45, 2.75) is 19.5 Å². The fourth-order valence-corrected chi connectivity index (χ4v) is 2.25. The third-order valence-electron chi connectivity index (χ3n) is 2.43. The Hall–Kier alpha value is -1.40. The number of nitrogens with two attached hydrogens (primary N) is 1. The number of halogens is 1. The molecular weight excluding hydrogens is 286 g/mol. The number of nitrogens with zero attached hydrogens (tertiary/aromatic N) is 1. The Morgan fingerprint density at radius 1 is 1.47 bits per heavy atom. The van der Waals surface area contributed by atoms with E-state index < -0.39 is 5.69 Å². The second-order valence-electron chi connectivity index (χ2n) is 3.99. The van der Waals surface area contributed by atoms with Crippen LogP contribution in [0, 0.1) is 0 Å². The zero-order chi connectivity index (χ0) is 12.6. The highest BCUT2D eigenvalue weighted by Gasteiger charge is 2.10. The quantitative estimate of drug-likeness (QED) is 0.860. The molecule has 0 aliphatic carbocycles. The summed E-state index contributed by atoms with van der Waals surface area (Å²) >= 11 is 3.31.